The van der Waals surface area contributed by atoms with E-state index in [2.05, 4.69) is 43.0 Å². The lowest BCUT2D eigenvalue weighted by Gasteiger charge is -2.18. The molecule has 2 aromatic rings. The summed E-state index contributed by atoms with van der Waals surface area (Å²) in [6.07, 6.45) is 2.12. The smallest absolute Gasteiger partial charge is 0.270 e. The number of amidine groups is 1. The quantitative estimate of drug-likeness (QED) is 0.561. The summed E-state index contributed by atoms with van der Waals surface area (Å²) in [5.74, 6) is -2.41. The Balaban J connectivity index is 1.64. The lowest BCUT2D eigenvalue weighted by molar-refractivity contribution is 0.0162. The molecule has 31 heavy (non-hydrogen) atoms. The number of halogens is 3. The molecule has 2 aromatic carbocycles. The Morgan fingerprint density at radius 1 is 1.03 bits per heavy atom. The zero-order valence-electron chi connectivity index (χ0n) is 18.3. The van der Waals surface area contributed by atoms with E-state index in [9.17, 15) is 13.2 Å². The van der Waals surface area contributed by atoms with Crippen molar-refractivity contribution in [2.75, 3.05) is 11.9 Å². The van der Waals surface area contributed by atoms with E-state index in [1.165, 1.54) is 23.8 Å². The van der Waals surface area contributed by atoms with E-state index in [1.807, 2.05) is 6.08 Å². The molecular weight excluding hydrogens is 399 g/mol. The SMILES string of the molecule is C=C(NC1=NCC(C(C)(C)C)=C1)Nc1ccc(Cc2c(F)cccc2C(C)(F)F)cc1. The molecule has 0 unspecified atom stereocenters. The summed E-state index contributed by atoms with van der Waals surface area (Å²) in [6, 6.07) is 11.0. The lowest BCUT2D eigenvalue weighted by Crippen LogP contribution is -2.24. The zero-order chi connectivity index (χ0) is 22.8. The number of nitrogens with zero attached hydrogens (tertiary/aromatic N) is 1. The maximum Gasteiger partial charge on any atom is 0.270 e. The minimum absolute atomic E-state index is 0.0162. The van der Waals surface area contributed by atoms with Gasteiger partial charge in [0.2, 0.25) is 0 Å². The van der Waals surface area contributed by atoms with Crippen molar-refractivity contribution in [1.82, 2.24) is 5.32 Å². The molecule has 2 N–H and O–H groups in total. The molecule has 0 aliphatic carbocycles. The van der Waals surface area contributed by atoms with Crippen LogP contribution in [0.15, 0.2) is 71.5 Å². The van der Waals surface area contributed by atoms with Crippen LogP contribution in [0.25, 0.3) is 0 Å². The number of hydrogen-bond acceptors (Lipinski definition) is 3. The number of nitrogens with one attached hydrogen (secondary N) is 2. The number of hydrogen-bond donors (Lipinski definition) is 2. The summed E-state index contributed by atoms with van der Waals surface area (Å²) in [7, 11) is 0. The van der Waals surface area contributed by atoms with E-state index in [0.29, 0.717) is 12.4 Å². The first-order valence-corrected chi connectivity index (χ1v) is 10.2. The highest BCUT2D eigenvalue weighted by Gasteiger charge is 2.29. The van der Waals surface area contributed by atoms with Crippen molar-refractivity contribution in [3.8, 4) is 0 Å². The third-order valence-corrected chi connectivity index (χ3v) is 5.19. The summed E-state index contributed by atoms with van der Waals surface area (Å²) in [5, 5.41) is 6.30. The zero-order valence-corrected chi connectivity index (χ0v) is 18.3. The van der Waals surface area contributed by atoms with Crippen LogP contribution in [-0.2, 0) is 12.3 Å². The molecular formula is C25H28F3N3. The Morgan fingerprint density at radius 3 is 2.29 bits per heavy atom. The first-order valence-electron chi connectivity index (χ1n) is 10.2. The first kappa shape index (κ1) is 22.7. The van der Waals surface area contributed by atoms with Gasteiger partial charge in [0.25, 0.3) is 5.92 Å². The largest absolute Gasteiger partial charge is 0.342 e. The molecule has 3 rings (SSSR count). The van der Waals surface area contributed by atoms with Crippen LogP contribution in [0.1, 0.15) is 44.4 Å². The highest BCUT2D eigenvalue weighted by atomic mass is 19.3. The van der Waals surface area contributed by atoms with Crippen molar-refractivity contribution in [3.05, 3.63) is 89.0 Å². The van der Waals surface area contributed by atoms with E-state index in [1.54, 1.807) is 24.3 Å². The second-order valence-electron chi connectivity index (χ2n) is 8.88. The summed E-state index contributed by atoms with van der Waals surface area (Å²) >= 11 is 0. The van der Waals surface area contributed by atoms with Gasteiger partial charge in [-0.1, -0.05) is 51.6 Å². The normalized spacial score (nSPS) is 14.2. The molecule has 1 aliphatic heterocycles. The second kappa shape index (κ2) is 8.61. The molecule has 1 aliphatic rings. The van der Waals surface area contributed by atoms with Crippen molar-refractivity contribution in [1.29, 1.82) is 0 Å². The highest BCUT2D eigenvalue weighted by molar-refractivity contribution is 5.97. The van der Waals surface area contributed by atoms with Gasteiger partial charge < -0.3 is 10.6 Å². The molecule has 0 saturated heterocycles. The maximum absolute atomic E-state index is 14.2. The van der Waals surface area contributed by atoms with Crippen LogP contribution in [0.2, 0.25) is 0 Å². The third-order valence-electron chi connectivity index (χ3n) is 5.19. The van der Waals surface area contributed by atoms with Gasteiger partial charge in [-0.05, 0) is 40.8 Å². The molecule has 0 fully saturated rings. The third kappa shape index (κ3) is 5.78. The standard InChI is InChI=1S/C25H28F3N3/c1-16(31-23-14-18(15-29-23)24(2,3)4)30-19-11-9-17(10-12-19)13-20-21(25(5,27)28)7-6-8-22(20)26/h6-12,14,30H,1,13,15H2,2-5H3,(H,29,31). The van der Waals surface area contributed by atoms with Crippen molar-refractivity contribution >= 4 is 11.5 Å². The Kier molecular flexibility index (Phi) is 6.30. The maximum atomic E-state index is 14.2. The minimum Gasteiger partial charge on any atom is -0.342 e. The Bertz CT molecular complexity index is 1020. The molecule has 1 heterocycles. The van der Waals surface area contributed by atoms with Crippen LogP contribution in [0.4, 0.5) is 18.9 Å². The Hall–Kier alpha value is -3.02. The number of aliphatic imine (C=N–C) groups is 1. The summed E-state index contributed by atoms with van der Waals surface area (Å²) in [5.41, 5.74) is 2.55. The van der Waals surface area contributed by atoms with Crippen LogP contribution in [0.3, 0.4) is 0 Å². The average Bonchev–Trinajstić information content (AvgIpc) is 3.13. The van der Waals surface area contributed by atoms with Gasteiger partial charge in [-0.15, -0.1) is 0 Å². The molecule has 0 bridgehead atoms. The van der Waals surface area contributed by atoms with Gasteiger partial charge in [-0.2, -0.15) is 0 Å². The van der Waals surface area contributed by atoms with Gasteiger partial charge in [0.15, 0.2) is 0 Å². The van der Waals surface area contributed by atoms with Crippen LogP contribution in [-0.4, -0.2) is 12.4 Å². The molecule has 164 valence electrons. The van der Waals surface area contributed by atoms with E-state index in [4.69, 9.17) is 0 Å². The van der Waals surface area contributed by atoms with E-state index in [-0.39, 0.29) is 23.0 Å². The summed E-state index contributed by atoms with van der Waals surface area (Å²) in [4.78, 5) is 4.48. The van der Waals surface area contributed by atoms with Gasteiger partial charge >= 0.3 is 0 Å². The van der Waals surface area contributed by atoms with Gasteiger partial charge in [0, 0.05) is 30.2 Å². The number of benzene rings is 2. The van der Waals surface area contributed by atoms with Gasteiger partial charge in [0.1, 0.15) is 17.5 Å². The Labute approximate surface area is 181 Å². The first-order chi connectivity index (χ1) is 14.4. The second-order valence-corrected chi connectivity index (χ2v) is 8.88. The highest BCUT2D eigenvalue weighted by Crippen LogP contribution is 2.32. The van der Waals surface area contributed by atoms with Crippen molar-refractivity contribution < 1.29 is 13.2 Å². The van der Waals surface area contributed by atoms with Gasteiger partial charge in [0.05, 0.1) is 6.54 Å². The molecule has 0 spiro atoms. The average molecular weight is 428 g/mol. The molecule has 0 amide bonds. The van der Waals surface area contributed by atoms with Crippen molar-refractivity contribution in [2.45, 2.75) is 40.0 Å². The Morgan fingerprint density at radius 2 is 1.71 bits per heavy atom. The molecule has 0 atom stereocenters. The fourth-order valence-electron chi connectivity index (χ4n) is 3.38. The molecule has 0 radical (unpaired) electrons. The predicted octanol–water partition coefficient (Wildman–Crippen LogP) is 6.39. The fourth-order valence-corrected chi connectivity index (χ4v) is 3.38. The van der Waals surface area contributed by atoms with Crippen LogP contribution < -0.4 is 10.6 Å². The monoisotopic (exact) mass is 427 g/mol. The summed E-state index contributed by atoms with van der Waals surface area (Å²) in [6.45, 7) is 11.9. The van der Waals surface area contributed by atoms with Crippen molar-refractivity contribution in [3.63, 3.8) is 0 Å². The molecule has 6 heteroatoms. The van der Waals surface area contributed by atoms with Gasteiger partial charge in [-0.3, -0.25) is 4.99 Å². The van der Waals surface area contributed by atoms with Gasteiger partial charge in [-0.25, -0.2) is 13.2 Å². The topological polar surface area (TPSA) is 36.4 Å². The minimum atomic E-state index is -3.10. The van der Waals surface area contributed by atoms with Crippen LogP contribution in [0, 0.1) is 11.2 Å². The number of alkyl halides is 2. The van der Waals surface area contributed by atoms with E-state index >= 15 is 0 Å². The van der Waals surface area contributed by atoms with Crippen molar-refractivity contribution in [2.24, 2.45) is 10.4 Å². The number of anilines is 1. The molecule has 0 aromatic heterocycles. The fraction of sp³-hybridized carbons (Fsp3) is 0.320. The molecule has 3 nitrogen and oxygen atoms in total. The van der Waals surface area contributed by atoms with E-state index in [0.717, 1.165) is 24.0 Å². The van der Waals surface area contributed by atoms with Crippen LogP contribution >= 0.6 is 0 Å². The summed E-state index contributed by atoms with van der Waals surface area (Å²) < 4.78 is 41.9. The predicted molar refractivity (Wildman–Crippen MR) is 121 cm³/mol. The lowest BCUT2D eigenvalue weighted by atomic mass is 9.87. The molecule has 0 saturated carbocycles. The van der Waals surface area contributed by atoms with Crippen LogP contribution in [0.5, 0.6) is 0 Å². The number of rotatable bonds is 6. The van der Waals surface area contributed by atoms with E-state index < -0.39 is 11.7 Å².